The molecule has 1 aliphatic heterocycles. The van der Waals surface area contributed by atoms with Gasteiger partial charge in [0.1, 0.15) is 5.75 Å². The summed E-state index contributed by atoms with van der Waals surface area (Å²) in [5, 5.41) is 28.7. The van der Waals surface area contributed by atoms with E-state index >= 15 is 0 Å². The average molecular weight is 349 g/mol. The number of benzene rings is 1. The first kappa shape index (κ1) is 17.3. The van der Waals surface area contributed by atoms with Crippen LogP contribution >= 0.6 is 23.2 Å². The summed E-state index contributed by atoms with van der Waals surface area (Å²) in [5.74, 6) is -0.643. The molecule has 1 aromatic carbocycles. The molecule has 6 nitrogen and oxygen atoms in total. The van der Waals surface area contributed by atoms with Crippen LogP contribution in [0, 0.1) is 5.92 Å². The highest BCUT2D eigenvalue weighted by molar-refractivity contribution is 6.42. The Morgan fingerprint density at radius 2 is 2.05 bits per heavy atom. The van der Waals surface area contributed by atoms with Crippen molar-refractivity contribution in [3.05, 3.63) is 27.7 Å². The molecule has 122 valence electrons. The highest BCUT2D eigenvalue weighted by Crippen LogP contribution is 2.37. The Bertz CT molecular complexity index is 570. The average Bonchev–Trinajstić information content (AvgIpc) is 2.98. The molecule has 1 aromatic rings. The summed E-state index contributed by atoms with van der Waals surface area (Å²) in [6.45, 7) is 0.173. The Kier molecular flexibility index (Phi) is 5.52. The van der Waals surface area contributed by atoms with Gasteiger partial charge < -0.3 is 26.0 Å². The normalized spacial score (nSPS) is 21.0. The molecule has 1 amide bonds. The monoisotopic (exact) mass is 348 g/mol. The third-order valence-corrected chi connectivity index (χ3v) is 4.65. The zero-order chi connectivity index (χ0) is 16.4. The number of hydrogen-bond donors (Lipinski definition) is 4. The molecule has 1 saturated heterocycles. The van der Waals surface area contributed by atoms with Crippen molar-refractivity contribution in [1.29, 1.82) is 0 Å². The highest BCUT2D eigenvalue weighted by Gasteiger charge is 2.34. The van der Waals surface area contributed by atoms with E-state index in [-0.39, 0.29) is 16.7 Å². The largest absolute Gasteiger partial charge is 0.508 e. The van der Waals surface area contributed by atoms with E-state index < -0.39 is 24.7 Å². The van der Waals surface area contributed by atoms with Crippen LogP contribution in [-0.4, -0.2) is 51.9 Å². The van der Waals surface area contributed by atoms with Crippen LogP contribution in [-0.2, 0) is 4.79 Å². The van der Waals surface area contributed by atoms with Gasteiger partial charge in [-0.15, -0.1) is 0 Å². The van der Waals surface area contributed by atoms with Gasteiger partial charge >= 0.3 is 0 Å². The van der Waals surface area contributed by atoms with Crippen LogP contribution < -0.4 is 5.73 Å². The number of carbonyl (C=O) groups excluding carboxylic acids is 1. The molecule has 0 aliphatic carbocycles. The topological polar surface area (TPSA) is 107 Å². The zero-order valence-electron chi connectivity index (χ0n) is 11.7. The smallest absolute Gasteiger partial charge is 0.253 e. The van der Waals surface area contributed by atoms with E-state index in [1.807, 2.05) is 0 Å². The number of aromatic hydroxyl groups is 1. The summed E-state index contributed by atoms with van der Waals surface area (Å²) in [5.41, 5.74) is 6.65. The quantitative estimate of drug-likeness (QED) is 0.646. The van der Waals surface area contributed by atoms with Crippen LogP contribution in [0.1, 0.15) is 18.0 Å². The van der Waals surface area contributed by atoms with E-state index in [1.165, 1.54) is 17.0 Å². The Hall–Kier alpha value is -1.05. The number of rotatable bonds is 4. The van der Waals surface area contributed by atoms with E-state index in [1.54, 1.807) is 0 Å². The van der Waals surface area contributed by atoms with Crippen molar-refractivity contribution in [1.82, 2.24) is 4.90 Å². The maximum atomic E-state index is 11.8. The molecule has 0 spiro atoms. The number of carbonyl (C=O) groups is 1. The lowest BCUT2D eigenvalue weighted by Gasteiger charge is -2.23. The maximum absolute atomic E-state index is 11.8. The minimum Gasteiger partial charge on any atom is -0.508 e. The van der Waals surface area contributed by atoms with Crippen molar-refractivity contribution < 1.29 is 20.1 Å². The van der Waals surface area contributed by atoms with Crippen LogP contribution in [0.25, 0.3) is 0 Å². The van der Waals surface area contributed by atoms with Crippen LogP contribution in [0.2, 0.25) is 10.0 Å². The van der Waals surface area contributed by atoms with Gasteiger partial charge in [0.25, 0.3) is 5.91 Å². The molecule has 3 atom stereocenters. The molecular weight excluding hydrogens is 331 g/mol. The number of nitrogens with two attached hydrogens (primary N) is 1. The van der Waals surface area contributed by atoms with E-state index in [4.69, 9.17) is 34.0 Å². The molecule has 0 aromatic heterocycles. The molecule has 1 fully saturated rings. The number of aliphatic hydroxyl groups is 2. The second kappa shape index (κ2) is 7.02. The van der Waals surface area contributed by atoms with Gasteiger partial charge in [-0.25, -0.2) is 0 Å². The molecule has 5 N–H and O–H groups in total. The van der Waals surface area contributed by atoms with Gasteiger partial charge in [0.05, 0.1) is 16.7 Å². The number of amides is 1. The predicted molar refractivity (Wildman–Crippen MR) is 82.8 cm³/mol. The van der Waals surface area contributed by atoms with Gasteiger partial charge in [-0.2, -0.15) is 0 Å². The number of hydrogen-bond acceptors (Lipinski definition) is 5. The van der Waals surface area contributed by atoms with Gasteiger partial charge in [-0.3, -0.25) is 4.79 Å². The van der Waals surface area contributed by atoms with Crippen LogP contribution in [0.4, 0.5) is 0 Å². The first-order chi connectivity index (χ1) is 10.3. The SMILES string of the molecule is NC(c1cc(Cl)c(Cl)cc1O)C1CCN(C(=O)C(O)CO)C1. The van der Waals surface area contributed by atoms with Crippen molar-refractivity contribution in [2.24, 2.45) is 11.7 Å². The lowest BCUT2D eigenvalue weighted by Crippen LogP contribution is -2.40. The van der Waals surface area contributed by atoms with E-state index in [0.29, 0.717) is 30.1 Å². The fourth-order valence-electron chi connectivity index (χ4n) is 2.64. The Labute approximate surface area is 138 Å². The molecule has 3 unspecified atom stereocenters. The van der Waals surface area contributed by atoms with Crippen LogP contribution in [0.3, 0.4) is 0 Å². The molecule has 0 radical (unpaired) electrons. The van der Waals surface area contributed by atoms with Crippen LogP contribution in [0.15, 0.2) is 12.1 Å². The number of likely N-dealkylation sites (tertiary alicyclic amines) is 1. The Balaban J connectivity index is 2.11. The van der Waals surface area contributed by atoms with E-state index in [9.17, 15) is 15.0 Å². The number of aliphatic hydroxyl groups excluding tert-OH is 2. The van der Waals surface area contributed by atoms with Gasteiger partial charge in [0.15, 0.2) is 6.10 Å². The van der Waals surface area contributed by atoms with Crippen molar-refractivity contribution >= 4 is 29.1 Å². The van der Waals surface area contributed by atoms with Crippen LogP contribution in [0.5, 0.6) is 5.75 Å². The number of nitrogens with zero attached hydrogens (tertiary/aromatic N) is 1. The van der Waals surface area contributed by atoms with Gasteiger partial charge in [0.2, 0.25) is 0 Å². The molecule has 1 aliphatic rings. The molecule has 8 heteroatoms. The summed E-state index contributed by atoms with van der Waals surface area (Å²) < 4.78 is 0. The highest BCUT2D eigenvalue weighted by atomic mass is 35.5. The van der Waals surface area contributed by atoms with Crippen molar-refractivity contribution in [2.45, 2.75) is 18.6 Å². The third kappa shape index (κ3) is 3.47. The minimum atomic E-state index is -1.41. The second-order valence-corrected chi connectivity index (χ2v) is 6.20. The lowest BCUT2D eigenvalue weighted by molar-refractivity contribution is -0.141. The summed E-state index contributed by atoms with van der Waals surface area (Å²) in [4.78, 5) is 13.3. The van der Waals surface area contributed by atoms with E-state index in [2.05, 4.69) is 0 Å². The number of phenols is 1. The Morgan fingerprint density at radius 3 is 2.68 bits per heavy atom. The summed E-state index contributed by atoms with van der Waals surface area (Å²) in [6, 6.07) is 2.35. The lowest BCUT2D eigenvalue weighted by atomic mass is 9.92. The Morgan fingerprint density at radius 1 is 1.41 bits per heavy atom. The summed E-state index contributed by atoms with van der Waals surface area (Å²) in [6.07, 6.45) is -0.779. The van der Waals surface area contributed by atoms with Crippen molar-refractivity contribution in [2.75, 3.05) is 19.7 Å². The standard InChI is InChI=1S/C14H18Cl2N2O4/c15-9-3-8(11(20)4-10(9)16)13(17)7-1-2-18(5-7)14(22)12(21)6-19/h3-4,7,12-13,19-21H,1-2,5-6,17H2. The minimum absolute atomic E-state index is 0.0398. The summed E-state index contributed by atoms with van der Waals surface area (Å²) >= 11 is 11.8. The first-order valence-corrected chi connectivity index (χ1v) is 7.62. The first-order valence-electron chi connectivity index (χ1n) is 6.86. The predicted octanol–water partition coefficient (Wildman–Crippen LogP) is 0.900. The fraction of sp³-hybridized carbons (Fsp3) is 0.500. The molecule has 22 heavy (non-hydrogen) atoms. The molecule has 0 bridgehead atoms. The maximum Gasteiger partial charge on any atom is 0.253 e. The molecular formula is C14H18Cl2N2O4. The number of halogens is 2. The van der Waals surface area contributed by atoms with E-state index in [0.717, 1.165) is 0 Å². The summed E-state index contributed by atoms with van der Waals surface area (Å²) in [7, 11) is 0. The molecule has 1 heterocycles. The molecule has 2 rings (SSSR count). The van der Waals surface area contributed by atoms with Gasteiger partial charge in [0, 0.05) is 30.8 Å². The van der Waals surface area contributed by atoms with Gasteiger partial charge in [-0.1, -0.05) is 23.2 Å². The van der Waals surface area contributed by atoms with Gasteiger partial charge in [-0.05, 0) is 18.4 Å². The molecule has 0 saturated carbocycles. The zero-order valence-corrected chi connectivity index (χ0v) is 13.3. The second-order valence-electron chi connectivity index (χ2n) is 5.38. The van der Waals surface area contributed by atoms with Crippen molar-refractivity contribution in [3.63, 3.8) is 0 Å². The van der Waals surface area contributed by atoms with Crippen molar-refractivity contribution in [3.8, 4) is 5.75 Å². The third-order valence-electron chi connectivity index (χ3n) is 3.93. The fourth-order valence-corrected chi connectivity index (χ4v) is 2.97. The number of phenolic OH excluding ortho intramolecular Hbond substituents is 1.